The summed E-state index contributed by atoms with van der Waals surface area (Å²) in [5, 5.41) is 2.91. The van der Waals surface area contributed by atoms with E-state index in [2.05, 4.69) is 44.4 Å². The molecular formula is C20H21BrN4O. The number of carbonyl (C=O) groups excluding carboxylic acids is 1. The Bertz CT molecular complexity index is 927. The number of hydrogen-bond acceptors (Lipinski definition) is 3. The number of pyridine rings is 1. The van der Waals surface area contributed by atoms with Crippen LogP contribution in [0.3, 0.4) is 0 Å². The minimum Gasteiger partial charge on any atom is -0.360 e. The Balaban J connectivity index is 1.57. The number of carbonyl (C=O) groups is 1. The van der Waals surface area contributed by atoms with E-state index >= 15 is 0 Å². The van der Waals surface area contributed by atoms with Gasteiger partial charge in [-0.05, 0) is 80.9 Å². The van der Waals surface area contributed by atoms with Crippen molar-refractivity contribution in [2.45, 2.75) is 18.8 Å². The molecule has 0 saturated carbocycles. The van der Waals surface area contributed by atoms with Crippen LogP contribution in [-0.2, 0) is 0 Å². The van der Waals surface area contributed by atoms with Crippen LogP contribution >= 0.6 is 15.9 Å². The SMILES string of the molecule is CN1CCC(c2c[nH]c3ccc(NC(=O)c4ccc(Br)cc4)nc23)CC1. The molecule has 3 heterocycles. The summed E-state index contributed by atoms with van der Waals surface area (Å²) in [4.78, 5) is 22.9. The maximum atomic E-state index is 12.4. The zero-order valence-electron chi connectivity index (χ0n) is 14.6. The van der Waals surface area contributed by atoms with Crippen LogP contribution in [0.4, 0.5) is 5.82 Å². The van der Waals surface area contributed by atoms with Crippen molar-refractivity contribution in [2.75, 3.05) is 25.5 Å². The average molecular weight is 413 g/mol. The molecule has 134 valence electrons. The predicted octanol–water partition coefficient (Wildman–Crippen LogP) is 4.39. The number of aromatic nitrogens is 2. The van der Waals surface area contributed by atoms with Gasteiger partial charge in [-0.15, -0.1) is 0 Å². The van der Waals surface area contributed by atoms with Crippen molar-refractivity contribution in [1.82, 2.24) is 14.9 Å². The molecule has 0 aliphatic carbocycles. The number of nitrogens with zero attached hydrogens (tertiary/aromatic N) is 2. The van der Waals surface area contributed by atoms with Gasteiger partial charge in [0.1, 0.15) is 5.82 Å². The van der Waals surface area contributed by atoms with Crippen molar-refractivity contribution in [3.05, 3.63) is 58.2 Å². The number of likely N-dealkylation sites (tertiary alicyclic amines) is 1. The summed E-state index contributed by atoms with van der Waals surface area (Å²) in [6, 6.07) is 11.1. The highest BCUT2D eigenvalue weighted by Crippen LogP contribution is 2.32. The number of aromatic amines is 1. The fourth-order valence-electron chi connectivity index (χ4n) is 3.51. The van der Waals surface area contributed by atoms with Gasteiger partial charge in [-0.25, -0.2) is 4.98 Å². The van der Waals surface area contributed by atoms with E-state index in [9.17, 15) is 4.79 Å². The molecule has 26 heavy (non-hydrogen) atoms. The summed E-state index contributed by atoms with van der Waals surface area (Å²) in [5.74, 6) is 0.949. The van der Waals surface area contributed by atoms with Crippen molar-refractivity contribution < 1.29 is 4.79 Å². The Hall–Kier alpha value is -2.18. The molecule has 0 spiro atoms. The summed E-state index contributed by atoms with van der Waals surface area (Å²) in [6.45, 7) is 2.22. The summed E-state index contributed by atoms with van der Waals surface area (Å²) in [6.07, 6.45) is 4.36. The third-order valence-electron chi connectivity index (χ3n) is 5.06. The second-order valence-corrected chi connectivity index (χ2v) is 7.79. The van der Waals surface area contributed by atoms with Gasteiger partial charge >= 0.3 is 0 Å². The lowest BCUT2D eigenvalue weighted by molar-refractivity contribution is 0.102. The lowest BCUT2D eigenvalue weighted by Crippen LogP contribution is -2.29. The largest absolute Gasteiger partial charge is 0.360 e. The van der Waals surface area contributed by atoms with Crippen LogP contribution in [0.2, 0.25) is 0 Å². The highest BCUT2D eigenvalue weighted by Gasteiger charge is 2.22. The summed E-state index contributed by atoms with van der Waals surface area (Å²) in [7, 11) is 2.17. The number of hydrogen-bond donors (Lipinski definition) is 2. The van der Waals surface area contributed by atoms with Crippen LogP contribution in [-0.4, -0.2) is 40.9 Å². The van der Waals surface area contributed by atoms with Gasteiger partial charge in [-0.2, -0.15) is 0 Å². The van der Waals surface area contributed by atoms with E-state index in [-0.39, 0.29) is 5.91 Å². The van der Waals surface area contributed by atoms with Crippen LogP contribution in [0, 0.1) is 0 Å². The first-order valence-electron chi connectivity index (χ1n) is 8.83. The number of H-pyrrole nitrogens is 1. The Kier molecular flexibility index (Phi) is 4.78. The van der Waals surface area contributed by atoms with E-state index in [4.69, 9.17) is 4.98 Å². The highest BCUT2D eigenvalue weighted by atomic mass is 79.9. The molecule has 1 aliphatic heterocycles. The van der Waals surface area contributed by atoms with Crippen molar-refractivity contribution >= 4 is 38.7 Å². The Morgan fingerprint density at radius 2 is 1.92 bits per heavy atom. The normalized spacial score (nSPS) is 16.1. The van der Waals surface area contributed by atoms with Crippen LogP contribution in [0.5, 0.6) is 0 Å². The van der Waals surface area contributed by atoms with E-state index in [1.54, 1.807) is 12.1 Å². The first kappa shape index (κ1) is 17.2. The number of anilines is 1. The van der Waals surface area contributed by atoms with Gasteiger partial charge in [-0.1, -0.05) is 15.9 Å². The van der Waals surface area contributed by atoms with Gasteiger partial charge in [0.15, 0.2) is 0 Å². The maximum Gasteiger partial charge on any atom is 0.256 e. The van der Waals surface area contributed by atoms with Crippen molar-refractivity contribution in [1.29, 1.82) is 0 Å². The smallest absolute Gasteiger partial charge is 0.256 e. The quantitative estimate of drug-likeness (QED) is 0.670. The molecule has 2 N–H and O–H groups in total. The molecule has 0 atom stereocenters. The maximum absolute atomic E-state index is 12.4. The van der Waals surface area contributed by atoms with Gasteiger partial charge in [0.2, 0.25) is 0 Å². The number of halogens is 1. The monoisotopic (exact) mass is 412 g/mol. The van der Waals surface area contributed by atoms with Crippen LogP contribution in [0.1, 0.15) is 34.7 Å². The number of fused-ring (bicyclic) bond motifs is 1. The van der Waals surface area contributed by atoms with E-state index in [0.29, 0.717) is 17.3 Å². The third kappa shape index (κ3) is 3.52. The Morgan fingerprint density at radius 3 is 2.65 bits per heavy atom. The number of benzene rings is 1. The number of amides is 1. The topological polar surface area (TPSA) is 61.0 Å². The van der Waals surface area contributed by atoms with Crippen molar-refractivity contribution in [2.24, 2.45) is 0 Å². The molecule has 1 fully saturated rings. The molecule has 3 aromatic rings. The van der Waals surface area contributed by atoms with Gasteiger partial charge in [0.25, 0.3) is 5.91 Å². The fraction of sp³-hybridized carbons (Fsp3) is 0.300. The van der Waals surface area contributed by atoms with E-state index in [1.807, 2.05) is 24.3 Å². The zero-order valence-corrected chi connectivity index (χ0v) is 16.2. The first-order chi connectivity index (χ1) is 12.6. The molecule has 1 aliphatic rings. The lowest BCUT2D eigenvalue weighted by atomic mass is 9.91. The van der Waals surface area contributed by atoms with E-state index in [0.717, 1.165) is 41.4 Å². The van der Waals surface area contributed by atoms with Crippen LogP contribution < -0.4 is 5.32 Å². The molecule has 0 bridgehead atoms. The molecule has 0 unspecified atom stereocenters. The molecule has 5 nitrogen and oxygen atoms in total. The Labute approximate surface area is 160 Å². The molecule has 4 rings (SSSR count). The van der Waals surface area contributed by atoms with Crippen molar-refractivity contribution in [3.8, 4) is 0 Å². The van der Waals surface area contributed by atoms with E-state index < -0.39 is 0 Å². The molecule has 6 heteroatoms. The highest BCUT2D eigenvalue weighted by molar-refractivity contribution is 9.10. The number of rotatable bonds is 3. The fourth-order valence-corrected chi connectivity index (χ4v) is 3.77. The van der Waals surface area contributed by atoms with Gasteiger partial charge in [0.05, 0.1) is 11.0 Å². The average Bonchev–Trinajstić information content (AvgIpc) is 3.06. The minimum atomic E-state index is -0.152. The molecule has 1 saturated heterocycles. The van der Waals surface area contributed by atoms with Crippen molar-refractivity contribution in [3.63, 3.8) is 0 Å². The van der Waals surface area contributed by atoms with E-state index in [1.165, 1.54) is 5.56 Å². The van der Waals surface area contributed by atoms with Gasteiger partial charge in [0, 0.05) is 16.2 Å². The molecule has 1 amide bonds. The predicted molar refractivity (Wildman–Crippen MR) is 108 cm³/mol. The van der Waals surface area contributed by atoms with Gasteiger partial charge < -0.3 is 15.2 Å². The Morgan fingerprint density at radius 1 is 1.19 bits per heavy atom. The third-order valence-corrected chi connectivity index (χ3v) is 5.59. The summed E-state index contributed by atoms with van der Waals surface area (Å²) < 4.78 is 0.948. The first-order valence-corrected chi connectivity index (χ1v) is 9.63. The molecule has 1 aromatic carbocycles. The molecule has 2 aromatic heterocycles. The number of nitrogens with one attached hydrogen (secondary N) is 2. The zero-order chi connectivity index (χ0) is 18.1. The number of piperidine rings is 1. The standard InChI is InChI=1S/C20H21BrN4O/c1-25-10-8-13(9-11-25)16-12-22-17-6-7-18(23-19(16)17)24-20(26)14-2-4-15(21)5-3-14/h2-7,12-13,22H,8-11H2,1H3,(H,23,24,26). The van der Waals surface area contributed by atoms with Crippen LogP contribution in [0.25, 0.3) is 11.0 Å². The molecular weight excluding hydrogens is 392 g/mol. The molecule has 0 radical (unpaired) electrons. The second-order valence-electron chi connectivity index (χ2n) is 6.88. The second kappa shape index (κ2) is 7.21. The van der Waals surface area contributed by atoms with Crippen LogP contribution in [0.15, 0.2) is 47.1 Å². The van der Waals surface area contributed by atoms with Gasteiger partial charge in [-0.3, -0.25) is 4.79 Å². The summed E-state index contributed by atoms with van der Waals surface area (Å²) in [5.41, 5.74) is 3.85. The minimum absolute atomic E-state index is 0.152. The summed E-state index contributed by atoms with van der Waals surface area (Å²) >= 11 is 3.38. The lowest BCUT2D eigenvalue weighted by Gasteiger charge is -2.28.